The number of carbonyl (C=O) groups is 1. The van der Waals surface area contributed by atoms with Crippen LogP contribution in [-0.4, -0.2) is 29.4 Å². The number of allylic oxidation sites excluding steroid dienone is 1. The van der Waals surface area contributed by atoms with Gasteiger partial charge in [0.1, 0.15) is 23.5 Å². The monoisotopic (exact) mass is 386 g/mol. The molecule has 7 heteroatoms. The van der Waals surface area contributed by atoms with Crippen LogP contribution in [0, 0.1) is 0 Å². The molecule has 3 rings (SSSR count). The molecule has 28 heavy (non-hydrogen) atoms. The van der Waals surface area contributed by atoms with Gasteiger partial charge in [0.05, 0.1) is 22.6 Å². The second-order valence-electron chi connectivity index (χ2n) is 7.03. The molecule has 0 aliphatic heterocycles. The van der Waals surface area contributed by atoms with Crippen molar-refractivity contribution in [1.29, 1.82) is 0 Å². The molecule has 0 bridgehead atoms. The molecule has 1 N–H and O–H groups in total. The number of esters is 1. The van der Waals surface area contributed by atoms with Gasteiger partial charge in [0.2, 0.25) is 0 Å². The van der Waals surface area contributed by atoms with Crippen molar-refractivity contribution in [2.45, 2.75) is 39.4 Å². The van der Waals surface area contributed by atoms with Crippen LogP contribution >= 0.6 is 0 Å². The topological polar surface area (TPSA) is 99.1 Å². The number of hydrogen-bond donors (Lipinski definition) is 1. The average molecular weight is 386 g/mol. The van der Waals surface area contributed by atoms with E-state index < -0.39 is 23.3 Å². The largest absolute Gasteiger partial charge is 0.488 e. The van der Waals surface area contributed by atoms with Crippen LogP contribution in [0.2, 0.25) is 0 Å². The molecule has 2 aromatic heterocycles. The van der Waals surface area contributed by atoms with Crippen molar-refractivity contribution < 1.29 is 28.2 Å². The Morgan fingerprint density at radius 2 is 1.96 bits per heavy atom. The highest BCUT2D eigenvalue weighted by atomic mass is 16.6. The third-order valence-corrected chi connectivity index (χ3v) is 4.48. The molecular weight excluding hydrogens is 364 g/mol. The van der Waals surface area contributed by atoms with Crippen LogP contribution in [0.3, 0.4) is 0 Å². The lowest BCUT2D eigenvalue weighted by Crippen LogP contribution is -2.44. The molecule has 1 atom stereocenters. The Kier molecular flexibility index (Phi) is 5.29. The lowest BCUT2D eigenvalue weighted by molar-refractivity contribution is -0.160. The van der Waals surface area contributed by atoms with Gasteiger partial charge in [-0.2, -0.15) is 0 Å². The van der Waals surface area contributed by atoms with Crippen molar-refractivity contribution in [2.75, 3.05) is 6.61 Å². The smallest absolute Gasteiger partial charge is 0.336 e. The fourth-order valence-electron chi connectivity index (χ4n) is 2.65. The summed E-state index contributed by atoms with van der Waals surface area (Å²) in [4.78, 5) is 23.7. The predicted molar refractivity (Wildman–Crippen MR) is 103 cm³/mol. The van der Waals surface area contributed by atoms with E-state index in [-0.39, 0.29) is 6.61 Å². The zero-order valence-electron chi connectivity index (χ0n) is 16.1. The molecule has 0 unspecified atom stereocenters. The molecule has 0 saturated carbocycles. The van der Waals surface area contributed by atoms with E-state index in [4.69, 9.17) is 18.3 Å². The summed E-state index contributed by atoms with van der Waals surface area (Å²) in [5.74, 6) is -0.117. The van der Waals surface area contributed by atoms with E-state index in [0.717, 1.165) is 0 Å². The number of furan rings is 1. The Morgan fingerprint density at radius 3 is 2.64 bits per heavy atom. The van der Waals surface area contributed by atoms with Gasteiger partial charge < -0.3 is 23.4 Å². The SMILES string of the molecule is C/C=C(/C)C(=O)O[C@H](COc1c2ccoc2cc2oc(=O)ccc12)C(C)(C)O. The summed E-state index contributed by atoms with van der Waals surface area (Å²) in [7, 11) is 0. The van der Waals surface area contributed by atoms with Gasteiger partial charge >= 0.3 is 11.6 Å². The zero-order valence-corrected chi connectivity index (χ0v) is 16.1. The highest BCUT2D eigenvalue weighted by Crippen LogP contribution is 2.35. The van der Waals surface area contributed by atoms with E-state index in [2.05, 4.69) is 0 Å². The molecule has 0 aliphatic rings. The molecule has 0 radical (unpaired) electrons. The fourth-order valence-corrected chi connectivity index (χ4v) is 2.65. The first-order chi connectivity index (χ1) is 13.2. The standard InChI is InChI=1S/C21H22O7/c1-5-12(2)20(23)28-17(21(3,4)24)11-26-19-13-6-7-18(22)27-16(13)10-15-14(19)8-9-25-15/h5-10,17,24H,11H2,1-4H3/b12-5-/t17-/m1/s1. The summed E-state index contributed by atoms with van der Waals surface area (Å²) in [6.45, 7) is 6.33. The Morgan fingerprint density at radius 1 is 1.25 bits per heavy atom. The average Bonchev–Trinajstić information content (AvgIpc) is 3.10. The first-order valence-electron chi connectivity index (χ1n) is 8.84. The third kappa shape index (κ3) is 3.94. The lowest BCUT2D eigenvalue weighted by atomic mass is 10.0. The summed E-state index contributed by atoms with van der Waals surface area (Å²) in [6.07, 6.45) is 2.20. The van der Waals surface area contributed by atoms with Crippen molar-refractivity contribution in [3.8, 4) is 5.75 Å². The quantitative estimate of drug-likeness (QED) is 0.393. The van der Waals surface area contributed by atoms with E-state index in [1.54, 1.807) is 38.1 Å². The first kappa shape index (κ1) is 19.7. The van der Waals surface area contributed by atoms with Gasteiger partial charge in [-0.1, -0.05) is 6.08 Å². The number of hydrogen-bond acceptors (Lipinski definition) is 7. The van der Waals surface area contributed by atoms with Crippen molar-refractivity contribution >= 4 is 27.9 Å². The summed E-state index contributed by atoms with van der Waals surface area (Å²) in [5.41, 5.74) is -0.603. The number of carbonyl (C=O) groups excluding carboxylic acids is 1. The second kappa shape index (κ2) is 7.52. The zero-order chi connectivity index (χ0) is 20.5. The van der Waals surface area contributed by atoms with Crippen molar-refractivity contribution in [1.82, 2.24) is 0 Å². The summed E-state index contributed by atoms with van der Waals surface area (Å²) < 4.78 is 22.0. The maximum absolute atomic E-state index is 12.1. The van der Waals surface area contributed by atoms with Crippen LogP contribution in [0.1, 0.15) is 27.7 Å². The molecule has 3 aromatic rings. The van der Waals surface area contributed by atoms with Crippen LogP contribution in [-0.2, 0) is 9.53 Å². The first-order valence-corrected chi connectivity index (χ1v) is 8.84. The molecule has 148 valence electrons. The molecule has 2 heterocycles. The summed E-state index contributed by atoms with van der Waals surface area (Å²) in [6, 6.07) is 6.23. The Labute approximate surface area is 161 Å². The highest BCUT2D eigenvalue weighted by molar-refractivity contribution is 6.01. The van der Waals surface area contributed by atoms with Crippen LogP contribution in [0.5, 0.6) is 5.75 Å². The third-order valence-electron chi connectivity index (χ3n) is 4.48. The van der Waals surface area contributed by atoms with Gasteiger partial charge in [0, 0.05) is 17.7 Å². The molecular formula is C21H22O7. The molecule has 0 aliphatic carbocycles. The predicted octanol–water partition coefficient (Wildman–Crippen LogP) is 3.57. The van der Waals surface area contributed by atoms with Gasteiger partial charge in [-0.25, -0.2) is 9.59 Å². The second-order valence-corrected chi connectivity index (χ2v) is 7.03. The maximum atomic E-state index is 12.1. The maximum Gasteiger partial charge on any atom is 0.336 e. The summed E-state index contributed by atoms with van der Waals surface area (Å²) >= 11 is 0. The molecule has 0 saturated heterocycles. The van der Waals surface area contributed by atoms with Gasteiger partial charge in [-0.15, -0.1) is 0 Å². The van der Waals surface area contributed by atoms with Crippen LogP contribution in [0.25, 0.3) is 21.9 Å². The van der Waals surface area contributed by atoms with E-state index in [1.807, 2.05) is 0 Å². The van der Waals surface area contributed by atoms with E-state index >= 15 is 0 Å². The van der Waals surface area contributed by atoms with Gasteiger partial charge in [0.15, 0.2) is 6.10 Å². The number of benzene rings is 1. The van der Waals surface area contributed by atoms with E-state index in [0.29, 0.717) is 33.3 Å². The van der Waals surface area contributed by atoms with Gasteiger partial charge in [0.25, 0.3) is 0 Å². The number of ether oxygens (including phenoxy) is 2. The van der Waals surface area contributed by atoms with Crippen molar-refractivity contribution in [2.24, 2.45) is 0 Å². The lowest BCUT2D eigenvalue weighted by Gasteiger charge is -2.29. The van der Waals surface area contributed by atoms with Crippen LogP contribution in [0.15, 0.2) is 55.8 Å². The molecule has 0 amide bonds. The van der Waals surface area contributed by atoms with Crippen molar-refractivity contribution in [3.63, 3.8) is 0 Å². The number of fused-ring (bicyclic) bond motifs is 2. The molecule has 7 nitrogen and oxygen atoms in total. The van der Waals surface area contributed by atoms with Crippen molar-refractivity contribution in [3.05, 3.63) is 52.6 Å². The summed E-state index contributed by atoms with van der Waals surface area (Å²) in [5, 5.41) is 11.7. The highest BCUT2D eigenvalue weighted by Gasteiger charge is 2.32. The Hall–Kier alpha value is -3.06. The van der Waals surface area contributed by atoms with Crippen LogP contribution in [0.4, 0.5) is 0 Å². The molecule has 0 fully saturated rings. The van der Waals surface area contributed by atoms with E-state index in [9.17, 15) is 14.7 Å². The minimum atomic E-state index is -1.34. The van der Waals surface area contributed by atoms with E-state index in [1.165, 1.54) is 26.2 Å². The molecule has 0 spiro atoms. The Balaban J connectivity index is 1.96. The fraction of sp³-hybridized carbons (Fsp3) is 0.333. The minimum absolute atomic E-state index is 0.106. The molecule has 1 aromatic carbocycles. The normalized spacial score (nSPS) is 13.7. The van der Waals surface area contributed by atoms with Crippen LogP contribution < -0.4 is 10.4 Å². The Bertz CT molecular complexity index is 1100. The van der Waals surface area contributed by atoms with Gasteiger partial charge in [-0.3, -0.25) is 0 Å². The number of rotatable bonds is 6. The number of aliphatic hydroxyl groups is 1. The van der Waals surface area contributed by atoms with Gasteiger partial charge in [-0.05, 0) is 39.8 Å². The minimum Gasteiger partial charge on any atom is -0.488 e.